The molecule has 140 valence electrons. The van der Waals surface area contributed by atoms with Crippen LogP contribution in [0.15, 0.2) is 54.7 Å². The number of anilines is 5. The third-order valence-electron chi connectivity index (χ3n) is 4.40. The van der Waals surface area contributed by atoms with Gasteiger partial charge in [0.05, 0.1) is 0 Å². The van der Waals surface area contributed by atoms with Crippen molar-refractivity contribution in [1.82, 2.24) is 9.97 Å². The van der Waals surface area contributed by atoms with Gasteiger partial charge in [-0.15, -0.1) is 0 Å². The molecule has 0 radical (unpaired) electrons. The molecule has 2 aromatic carbocycles. The first kappa shape index (κ1) is 18.7. The Morgan fingerprint density at radius 1 is 0.815 bits per heavy atom. The molecule has 3 rings (SSSR count). The smallest absolute Gasteiger partial charge is 0.229 e. The van der Waals surface area contributed by atoms with Crippen molar-refractivity contribution in [3.05, 3.63) is 65.9 Å². The monoisotopic (exact) mass is 361 g/mol. The van der Waals surface area contributed by atoms with Crippen molar-refractivity contribution in [1.29, 1.82) is 0 Å². The number of rotatable bonds is 7. The van der Waals surface area contributed by atoms with Crippen LogP contribution in [0, 0.1) is 13.8 Å². The van der Waals surface area contributed by atoms with Crippen molar-refractivity contribution >= 4 is 28.8 Å². The molecule has 1 heterocycles. The van der Waals surface area contributed by atoms with Crippen LogP contribution >= 0.6 is 0 Å². The van der Waals surface area contributed by atoms with Crippen LogP contribution in [-0.4, -0.2) is 23.1 Å². The molecular weight excluding hydrogens is 334 g/mol. The van der Waals surface area contributed by atoms with E-state index in [1.807, 2.05) is 6.07 Å². The summed E-state index contributed by atoms with van der Waals surface area (Å²) < 4.78 is 0. The summed E-state index contributed by atoms with van der Waals surface area (Å²) in [5, 5.41) is 6.63. The molecule has 0 spiro atoms. The van der Waals surface area contributed by atoms with Crippen LogP contribution in [0.4, 0.5) is 28.8 Å². The topological polar surface area (TPSA) is 53.1 Å². The van der Waals surface area contributed by atoms with Gasteiger partial charge in [-0.1, -0.05) is 6.07 Å². The molecule has 0 bridgehead atoms. The first-order valence-electron chi connectivity index (χ1n) is 9.37. The Hall–Kier alpha value is -3.08. The highest BCUT2D eigenvalue weighted by Crippen LogP contribution is 2.22. The molecule has 0 amide bonds. The Labute approximate surface area is 161 Å². The SMILES string of the molecule is CCN(CC)c1ccc(Nc2ccnc(Nc3cc(C)cc(C)c3)n2)cc1. The number of benzene rings is 2. The van der Waals surface area contributed by atoms with E-state index < -0.39 is 0 Å². The molecule has 0 fully saturated rings. The lowest BCUT2D eigenvalue weighted by Crippen LogP contribution is -2.21. The van der Waals surface area contributed by atoms with Crippen LogP contribution in [0.3, 0.4) is 0 Å². The van der Waals surface area contributed by atoms with Crippen LogP contribution in [-0.2, 0) is 0 Å². The number of hydrogen-bond acceptors (Lipinski definition) is 5. The predicted octanol–water partition coefficient (Wildman–Crippen LogP) is 5.43. The minimum Gasteiger partial charge on any atom is -0.372 e. The van der Waals surface area contributed by atoms with E-state index in [2.05, 4.69) is 95.7 Å². The van der Waals surface area contributed by atoms with E-state index in [0.717, 1.165) is 30.3 Å². The van der Waals surface area contributed by atoms with Crippen LogP contribution in [0.25, 0.3) is 0 Å². The van der Waals surface area contributed by atoms with Gasteiger partial charge in [-0.05, 0) is 81.3 Å². The first-order chi connectivity index (χ1) is 13.1. The minimum atomic E-state index is 0.574. The van der Waals surface area contributed by atoms with Crippen molar-refractivity contribution in [2.75, 3.05) is 28.6 Å². The van der Waals surface area contributed by atoms with Crippen molar-refractivity contribution in [3.8, 4) is 0 Å². The standard InChI is InChI=1S/C22H27N5/c1-5-27(6-2)20-9-7-18(8-10-20)24-21-11-12-23-22(26-21)25-19-14-16(3)13-17(4)15-19/h7-15H,5-6H2,1-4H3,(H2,23,24,25,26). The molecule has 0 unspecified atom stereocenters. The second kappa shape index (κ2) is 8.54. The lowest BCUT2D eigenvalue weighted by atomic mass is 10.1. The quantitative estimate of drug-likeness (QED) is 0.588. The average Bonchev–Trinajstić information content (AvgIpc) is 2.63. The van der Waals surface area contributed by atoms with Gasteiger partial charge in [0.25, 0.3) is 0 Å². The summed E-state index contributed by atoms with van der Waals surface area (Å²) in [4.78, 5) is 11.2. The summed E-state index contributed by atoms with van der Waals surface area (Å²) in [5.74, 6) is 1.33. The van der Waals surface area contributed by atoms with Crippen molar-refractivity contribution in [2.45, 2.75) is 27.7 Å². The van der Waals surface area contributed by atoms with Gasteiger partial charge in [0, 0.05) is 36.3 Å². The third kappa shape index (κ3) is 4.97. The van der Waals surface area contributed by atoms with Gasteiger partial charge < -0.3 is 15.5 Å². The van der Waals surface area contributed by atoms with Crippen LogP contribution in [0.1, 0.15) is 25.0 Å². The highest BCUT2D eigenvalue weighted by molar-refractivity contribution is 5.62. The Kier molecular flexibility index (Phi) is 5.91. The Morgan fingerprint density at radius 2 is 1.48 bits per heavy atom. The molecule has 5 heteroatoms. The summed E-state index contributed by atoms with van der Waals surface area (Å²) in [6.07, 6.45) is 1.75. The molecular formula is C22H27N5. The summed E-state index contributed by atoms with van der Waals surface area (Å²) in [5.41, 5.74) is 5.64. The molecule has 0 aliphatic heterocycles. The second-order valence-electron chi connectivity index (χ2n) is 6.61. The molecule has 0 atom stereocenters. The Morgan fingerprint density at radius 3 is 2.11 bits per heavy atom. The number of nitrogens with zero attached hydrogens (tertiary/aromatic N) is 3. The zero-order chi connectivity index (χ0) is 19.2. The number of nitrogens with one attached hydrogen (secondary N) is 2. The van der Waals surface area contributed by atoms with Gasteiger partial charge in [0.15, 0.2) is 0 Å². The molecule has 0 saturated carbocycles. The minimum absolute atomic E-state index is 0.574. The van der Waals surface area contributed by atoms with Gasteiger partial charge in [-0.2, -0.15) is 4.98 Å². The second-order valence-corrected chi connectivity index (χ2v) is 6.61. The molecule has 27 heavy (non-hydrogen) atoms. The molecule has 2 N–H and O–H groups in total. The van der Waals surface area contributed by atoms with Crippen LogP contribution in [0.5, 0.6) is 0 Å². The fourth-order valence-corrected chi connectivity index (χ4v) is 3.16. The van der Waals surface area contributed by atoms with E-state index in [0.29, 0.717) is 5.95 Å². The van der Waals surface area contributed by atoms with Crippen LogP contribution < -0.4 is 15.5 Å². The fraction of sp³-hybridized carbons (Fsp3) is 0.273. The summed E-state index contributed by atoms with van der Waals surface area (Å²) in [6, 6.07) is 16.6. The van der Waals surface area contributed by atoms with E-state index in [4.69, 9.17) is 0 Å². The van der Waals surface area contributed by atoms with Crippen molar-refractivity contribution in [3.63, 3.8) is 0 Å². The lowest BCUT2D eigenvalue weighted by molar-refractivity contribution is 0.866. The van der Waals surface area contributed by atoms with E-state index in [9.17, 15) is 0 Å². The summed E-state index contributed by atoms with van der Waals surface area (Å²) in [6.45, 7) is 10.5. The number of aromatic nitrogens is 2. The van der Waals surface area contributed by atoms with Crippen molar-refractivity contribution < 1.29 is 0 Å². The summed E-state index contributed by atoms with van der Waals surface area (Å²) >= 11 is 0. The number of aryl methyl sites for hydroxylation is 2. The van der Waals surface area contributed by atoms with E-state index in [1.54, 1.807) is 6.20 Å². The maximum Gasteiger partial charge on any atom is 0.229 e. The average molecular weight is 361 g/mol. The molecule has 0 aliphatic carbocycles. The van der Waals surface area contributed by atoms with E-state index >= 15 is 0 Å². The Bertz CT molecular complexity index is 865. The van der Waals surface area contributed by atoms with Gasteiger partial charge in [0.1, 0.15) is 5.82 Å². The lowest BCUT2D eigenvalue weighted by Gasteiger charge is -2.21. The fourth-order valence-electron chi connectivity index (χ4n) is 3.16. The van der Waals surface area contributed by atoms with Gasteiger partial charge >= 0.3 is 0 Å². The normalized spacial score (nSPS) is 10.5. The molecule has 5 nitrogen and oxygen atoms in total. The van der Waals surface area contributed by atoms with Gasteiger partial charge in [-0.3, -0.25) is 0 Å². The van der Waals surface area contributed by atoms with Gasteiger partial charge in [0.2, 0.25) is 5.95 Å². The maximum atomic E-state index is 4.57. The van der Waals surface area contributed by atoms with Gasteiger partial charge in [-0.25, -0.2) is 4.98 Å². The zero-order valence-electron chi connectivity index (χ0n) is 16.5. The van der Waals surface area contributed by atoms with Crippen LogP contribution in [0.2, 0.25) is 0 Å². The van der Waals surface area contributed by atoms with Crippen molar-refractivity contribution in [2.24, 2.45) is 0 Å². The third-order valence-corrected chi connectivity index (χ3v) is 4.40. The largest absolute Gasteiger partial charge is 0.372 e. The molecule has 3 aromatic rings. The zero-order valence-corrected chi connectivity index (χ0v) is 16.5. The van der Waals surface area contributed by atoms with E-state index in [1.165, 1.54) is 16.8 Å². The summed E-state index contributed by atoms with van der Waals surface area (Å²) in [7, 11) is 0. The molecule has 1 aromatic heterocycles. The molecule has 0 aliphatic rings. The highest BCUT2D eigenvalue weighted by atomic mass is 15.1. The number of hydrogen-bond donors (Lipinski definition) is 2. The first-order valence-corrected chi connectivity index (χ1v) is 9.37. The van der Waals surface area contributed by atoms with E-state index in [-0.39, 0.29) is 0 Å². The molecule has 0 saturated heterocycles. The predicted molar refractivity (Wildman–Crippen MR) is 115 cm³/mol. The highest BCUT2D eigenvalue weighted by Gasteiger charge is 2.04. The maximum absolute atomic E-state index is 4.57. The Balaban J connectivity index is 1.72.